The summed E-state index contributed by atoms with van der Waals surface area (Å²) in [5.74, 6) is 0. The summed E-state index contributed by atoms with van der Waals surface area (Å²) in [6.07, 6.45) is 6.28. The maximum Gasteiger partial charge on any atom is 0.0641 e. The minimum absolute atomic E-state index is 0.0512. The predicted octanol–water partition coefficient (Wildman–Crippen LogP) is 4.14. The van der Waals surface area contributed by atoms with Crippen LogP contribution in [0.15, 0.2) is 0 Å². The normalized spacial score (nSPS) is 34.1. The lowest BCUT2D eigenvalue weighted by atomic mass is 9.63. The highest BCUT2D eigenvalue weighted by molar-refractivity contribution is 4.94. The first-order valence-corrected chi connectivity index (χ1v) is 7.97. The summed E-state index contributed by atoms with van der Waals surface area (Å²) in [5, 5.41) is 3.94. The molecule has 1 saturated carbocycles. The molecule has 1 aliphatic heterocycles. The topological polar surface area (TPSA) is 21.3 Å². The molecular weight excluding hydrogens is 234 g/mol. The monoisotopic (exact) mass is 267 g/mol. The van der Waals surface area contributed by atoms with Gasteiger partial charge in [0.25, 0.3) is 0 Å². The molecule has 0 bridgehead atoms. The zero-order valence-electron chi connectivity index (χ0n) is 13.8. The number of hydrogen-bond donors (Lipinski definition) is 1. The highest BCUT2D eigenvalue weighted by atomic mass is 16.5. The van der Waals surface area contributed by atoms with Crippen molar-refractivity contribution >= 4 is 0 Å². The third-order valence-electron chi connectivity index (χ3n) is 4.72. The molecule has 2 aliphatic rings. The van der Waals surface area contributed by atoms with Crippen LogP contribution in [0.4, 0.5) is 0 Å². The zero-order valence-corrected chi connectivity index (χ0v) is 13.8. The quantitative estimate of drug-likeness (QED) is 0.812. The highest BCUT2D eigenvalue weighted by Gasteiger charge is 2.39. The van der Waals surface area contributed by atoms with Gasteiger partial charge in [-0.15, -0.1) is 0 Å². The van der Waals surface area contributed by atoms with E-state index in [0.717, 1.165) is 13.0 Å². The molecule has 19 heavy (non-hydrogen) atoms. The van der Waals surface area contributed by atoms with E-state index >= 15 is 0 Å². The van der Waals surface area contributed by atoms with Gasteiger partial charge in [-0.2, -0.15) is 0 Å². The van der Waals surface area contributed by atoms with Crippen molar-refractivity contribution in [2.45, 2.75) is 91.3 Å². The van der Waals surface area contributed by atoms with Crippen molar-refractivity contribution in [3.05, 3.63) is 0 Å². The van der Waals surface area contributed by atoms with Gasteiger partial charge in [0, 0.05) is 18.7 Å². The maximum atomic E-state index is 5.83. The summed E-state index contributed by atoms with van der Waals surface area (Å²) >= 11 is 0. The van der Waals surface area contributed by atoms with E-state index in [1.54, 1.807) is 0 Å². The van der Waals surface area contributed by atoms with Gasteiger partial charge in [-0.25, -0.2) is 0 Å². The lowest BCUT2D eigenvalue weighted by molar-refractivity contribution is -0.0666. The van der Waals surface area contributed by atoms with Gasteiger partial charge >= 0.3 is 0 Å². The number of nitrogens with one attached hydrogen (secondary N) is 1. The molecule has 1 heterocycles. The van der Waals surface area contributed by atoms with Crippen LogP contribution in [0.5, 0.6) is 0 Å². The highest BCUT2D eigenvalue weighted by Crippen LogP contribution is 2.46. The molecule has 2 rings (SSSR count). The van der Waals surface area contributed by atoms with Gasteiger partial charge in [0.05, 0.1) is 5.60 Å². The van der Waals surface area contributed by atoms with E-state index < -0.39 is 0 Å². The Morgan fingerprint density at radius 2 is 1.42 bits per heavy atom. The van der Waals surface area contributed by atoms with Crippen LogP contribution in [-0.4, -0.2) is 24.3 Å². The van der Waals surface area contributed by atoms with Crippen LogP contribution in [-0.2, 0) is 4.74 Å². The van der Waals surface area contributed by atoms with Crippen molar-refractivity contribution in [3.8, 4) is 0 Å². The molecule has 1 atom stereocenters. The van der Waals surface area contributed by atoms with Crippen LogP contribution in [0, 0.1) is 10.8 Å². The van der Waals surface area contributed by atoms with Crippen LogP contribution in [0.3, 0.4) is 0 Å². The molecule has 0 aromatic carbocycles. The summed E-state index contributed by atoms with van der Waals surface area (Å²) in [6.45, 7) is 15.1. The van der Waals surface area contributed by atoms with Crippen molar-refractivity contribution in [1.29, 1.82) is 0 Å². The average Bonchev–Trinajstić information content (AvgIpc) is 2.09. The first kappa shape index (κ1) is 15.3. The molecule has 0 radical (unpaired) electrons. The second-order valence-corrected chi connectivity index (χ2v) is 9.07. The Morgan fingerprint density at radius 3 is 1.95 bits per heavy atom. The summed E-state index contributed by atoms with van der Waals surface area (Å²) in [6, 6.07) is 1.32. The van der Waals surface area contributed by atoms with Gasteiger partial charge in [-0.1, -0.05) is 27.7 Å². The van der Waals surface area contributed by atoms with E-state index in [-0.39, 0.29) is 5.60 Å². The summed E-state index contributed by atoms with van der Waals surface area (Å²) in [5.41, 5.74) is 0.996. The standard InChI is InChI=1S/C17H33NO/c1-15(2)9-14(10-16(3,4)12-15)18-13-7-8-19-17(5,6)11-13/h13-14,18H,7-12H2,1-6H3. The van der Waals surface area contributed by atoms with E-state index in [4.69, 9.17) is 4.74 Å². The van der Waals surface area contributed by atoms with E-state index in [2.05, 4.69) is 46.9 Å². The number of ether oxygens (including phenoxy) is 1. The van der Waals surface area contributed by atoms with Gasteiger partial charge < -0.3 is 10.1 Å². The summed E-state index contributed by atoms with van der Waals surface area (Å²) in [4.78, 5) is 0. The van der Waals surface area contributed by atoms with E-state index in [1.807, 2.05) is 0 Å². The third kappa shape index (κ3) is 4.46. The van der Waals surface area contributed by atoms with Gasteiger partial charge in [0.1, 0.15) is 0 Å². The predicted molar refractivity (Wildman–Crippen MR) is 81.4 cm³/mol. The lowest BCUT2D eigenvalue weighted by Crippen LogP contribution is -2.51. The van der Waals surface area contributed by atoms with Gasteiger partial charge in [-0.05, 0) is 56.8 Å². The molecule has 0 spiro atoms. The third-order valence-corrected chi connectivity index (χ3v) is 4.72. The van der Waals surface area contributed by atoms with Crippen molar-refractivity contribution in [2.24, 2.45) is 10.8 Å². The second-order valence-electron chi connectivity index (χ2n) is 9.07. The molecule has 1 saturated heterocycles. The number of hydrogen-bond acceptors (Lipinski definition) is 2. The fourth-order valence-corrected chi connectivity index (χ4v) is 4.67. The van der Waals surface area contributed by atoms with Gasteiger partial charge in [-0.3, -0.25) is 0 Å². The molecule has 0 aromatic heterocycles. The van der Waals surface area contributed by atoms with Crippen LogP contribution in [0.25, 0.3) is 0 Å². The smallest absolute Gasteiger partial charge is 0.0641 e. The van der Waals surface area contributed by atoms with Crippen molar-refractivity contribution in [1.82, 2.24) is 5.32 Å². The molecule has 112 valence electrons. The molecule has 2 nitrogen and oxygen atoms in total. The first-order valence-electron chi connectivity index (χ1n) is 7.97. The minimum Gasteiger partial charge on any atom is -0.375 e. The maximum absolute atomic E-state index is 5.83. The second kappa shape index (κ2) is 5.04. The Labute approximate surface area is 119 Å². The molecular formula is C17H33NO. The van der Waals surface area contributed by atoms with Crippen LogP contribution < -0.4 is 5.32 Å². The van der Waals surface area contributed by atoms with Crippen LogP contribution >= 0.6 is 0 Å². The largest absolute Gasteiger partial charge is 0.375 e. The zero-order chi connectivity index (χ0) is 14.3. The Bertz CT molecular complexity index is 303. The molecule has 2 fully saturated rings. The Kier molecular flexibility index (Phi) is 4.06. The van der Waals surface area contributed by atoms with E-state index in [0.29, 0.717) is 22.9 Å². The van der Waals surface area contributed by atoms with E-state index in [1.165, 1.54) is 25.7 Å². The lowest BCUT2D eigenvalue weighted by Gasteiger charge is -2.47. The molecule has 1 unspecified atom stereocenters. The molecule has 1 aliphatic carbocycles. The Morgan fingerprint density at radius 1 is 0.842 bits per heavy atom. The fourth-order valence-electron chi connectivity index (χ4n) is 4.67. The molecule has 2 heteroatoms. The minimum atomic E-state index is 0.0512. The fraction of sp³-hybridized carbons (Fsp3) is 1.00. The summed E-state index contributed by atoms with van der Waals surface area (Å²) < 4.78 is 5.83. The SMILES string of the molecule is CC1(C)CC(NC2CCOC(C)(C)C2)CC(C)(C)C1. The molecule has 0 amide bonds. The average molecular weight is 267 g/mol. The Hall–Kier alpha value is -0.0800. The number of rotatable bonds is 2. The first-order chi connectivity index (χ1) is 8.57. The van der Waals surface area contributed by atoms with Gasteiger partial charge in [0.2, 0.25) is 0 Å². The van der Waals surface area contributed by atoms with Crippen molar-refractivity contribution in [2.75, 3.05) is 6.61 Å². The summed E-state index contributed by atoms with van der Waals surface area (Å²) in [7, 11) is 0. The van der Waals surface area contributed by atoms with Crippen LogP contribution in [0.1, 0.15) is 73.6 Å². The molecule has 1 N–H and O–H groups in total. The van der Waals surface area contributed by atoms with Crippen LogP contribution in [0.2, 0.25) is 0 Å². The van der Waals surface area contributed by atoms with Crippen molar-refractivity contribution in [3.63, 3.8) is 0 Å². The molecule has 0 aromatic rings. The van der Waals surface area contributed by atoms with Gasteiger partial charge in [0.15, 0.2) is 0 Å². The van der Waals surface area contributed by atoms with E-state index in [9.17, 15) is 0 Å². The van der Waals surface area contributed by atoms with Crippen molar-refractivity contribution < 1.29 is 4.74 Å². The Balaban J connectivity index is 1.95.